The van der Waals surface area contributed by atoms with Gasteiger partial charge in [0.15, 0.2) is 0 Å². The smallest absolute Gasteiger partial charge is 0.255 e. The predicted molar refractivity (Wildman–Crippen MR) is 129 cm³/mol. The highest BCUT2D eigenvalue weighted by Gasteiger charge is 2.34. The van der Waals surface area contributed by atoms with Gasteiger partial charge in [-0.05, 0) is 48.9 Å². The molecule has 0 radical (unpaired) electrons. The Labute approximate surface area is 191 Å². The number of rotatable bonds is 5. The summed E-state index contributed by atoms with van der Waals surface area (Å²) in [5.74, 6) is 1.84. The summed E-state index contributed by atoms with van der Waals surface area (Å²) in [6.07, 6.45) is 0. The lowest BCUT2D eigenvalue weighted by atomic mass is 9.94. The second-order valence-corrected chi connectivity index (χ2v) is 7.79. The normalized spacial score (nSPS) is 15.1. The average molecular weight is 441 g/mol. The summed E-state index contributed by atoms with van der Waals surface area (Å²) in [4.78, 5) is 18.5. The molecule has 2 N–H and O–H groups in total. The van der Waals surface area contributed by atoms with E-state index >= 15 is 0 Å². The van der Waals surface area contributed by atoms with Gasteiger partial charge in [0, 0.05) is 5.70 Å². The minimum atomic E-state index is -0.380. The molecule has 2 heterocycles. The van der Waals surface area contributed by atoms with Crippen LogP contribution in [-0.2, 0) is 4.79 Å². The maximum absolute atomic E-state index is 13.7. The summed E-state index contributed by atoms with van der Waals surface area (Å²) in [6, 6.07) is 22.7. The first-order chi connectivity index (χ1) is 16.1. The van der Waals surface area contributed by atoms with Gasteiger partial charge in [0.25, 0.3) is 5.91 Å². The lowest BCUT2D eigenvalue weighted by Gasteiger charge is -2.31. The summed E-state index contributed by atoms with van der Waals surface area (Å²) in [6.45, 7) is 1.90. The predicted octanol–water partition coefficient (Wildman–Crippen LogP) is 4.98. The van der Waals surface area contributed by atoms with Crippen molar-refractivity contribution in [3.63, 3.8) is 0 Å². The van der Waals surface area contributed by atoms with Crippen molar-refractivity contribution >= 4 is 28.6 Å². The topological polar surface area (TPSA) is 77.4 Å². The van der Waals surface area contributed by atoms with E-state index in [0.717, 1.165) is 28.0 Å². The Morgan fingerprint density at radius 3 is 2.45 bits per heavy atom. The van der Waals surface area contributed by atoms with Crippen LogP contribution in [0.1, 0.15) is 18.5 Å². The summed E-state index contributed by atoms with van der Waals surface area (Å²) < 4.78 is 12.8. The van der Waals surface area contributed by atoms with Crippen molar-refractivity contribution in [1.82, 2.24) is 9.55 Å². The number of fused-ring (bicyclic) bond motifs is 3. The number of hydrogen-bond acceptors (Lipinski definition) is 5. The van der Waals surface area contributed by atoms with Crippen molar-refractivity contribution in [2.75, 3.05) is 24.9 Å². The minimum absolute atomic E-state index is 0.214. The van der Waals surface area contributed by atoms with Crippen molar-refractivity contribution in [2.24, 2.45) is 0 Å². The molecule has 1 aliphatic rings. The first kappa shape index (κ1) is 20.6. The van der Waals surface area contributed by atoms with Crippen LogP contribution in [0.3, 0.4) is 0 Å². The number of allylic oxidation sites excluding steroid dienone is 1. The van der Waals surface area contributed by atoms with Gasteiger partial charge in [-0.2, -0.15) is 0 Å². The van der Waals surface area contributed by atoms with E-state index in [-0.39, 0.29) is 11.9 Å². The second-order valence-electron chi connectivity index (χ2n) is 7.79. The maximum Gasteiger partial charge on any atom is 0.255 e. The van der Waals surface area contributed by atoms with Gasteiger partial charge < -0.3 is 20.1 Å². The van der Waals surface area contributed by atoms with Gasteiger partial charge in [-0.3, -0.25) is 9.36 Å². The number of ether oxygens (including phenoxy) is 2. The van der Waals surface area contributed by atoms with Crippen molar-refractivity contribution in [3.05, 3.63) is 89.6 Å². The number of para-hydroxylation sites is 4. The fourth-order valence-electron chi connectivity index (χ4n) is 4.30. The van der Waals surface area contributed by atoms with Crippen LogP contribution in [0.25, 0.3) is 11.0 Å². The standard InChI is InChI=1S/C26H24N4O3/c1-16-23(25(31)28-20-9-5-7-11-22(20)33-3)24(17-12-14-18(32-2)15-13-17)30-21-10-6-4-8-19(21)29-26(30)27-16/h4-15,24H,1-3H3,(H,27,29)(H,28,31)/t24-/m1/s1. The Hall–Kier alpha value is -4.26. The molecule has 0 saturated carbocycles. The van der Waals surface area contributed by atoms with E-state index < -0.39 is 0 Å². The molecule has 0 fully saturated rings. The molecular weight excluding hydrogens is 416 g/mol. The van der Waals surface area contributed by atoms with E-state index in [1.807, 2.05) is 79.7 Å². The highest BCUT2D eigenvalue weighted by Crippen LogP contribution is 2.40. The minimum Gasteiger partial charge on any atom is -0.497 e. The first-order valence-corrected chi connectivity index (χ1v) is 10.6. The number of aromatic nitrogens is 2. The van der Waals surface area contributed by atoms with Crippen LogP contribution in [-0.4, -0.2) is 29.7 Å². The highest BCUT2D eigenvalue weighted by atomic mass is 16.5. The molecule has 0 bridgehead atoms. The van der Waals surface area contributed by atoms with Crippen LogP contribution in [0.4, 0.5) is 11.6 Å². The largest absolute Gasteiger partial charge is 0.497 e. The van der Waals surface area contributed by atoms with Crippen LogP contribution < -0.4 is 20.1 Å². The van der Waals surface area contributed by atoms with Gasteiger partial charge in [-0.25, -0.2) is 4.98 Å². The number of benzene rings is 3. The first-order valence-electron chi connectivity index (χ1n) is 10.6. The Morgan fingerprint density at radius 1 is 0.970 bits per heavy atom. The molecule has 166 valence electrons. The quantitative estimate of drug-likeness (QED) is 0.458. The second kappa shape index (κ2) is 8.35. The Morgan fingerprint density at radius 2 is 1.70 bits per heavy atom. The van der Waals surface area contributed by atoms with Gasteiger partial charge >= 0.3 is 0 Å². The number of carbonyl (C=O) groups is 1. The fourth-order valence-corrected chi connectivity index (χ4v) is 4.30. The number of carbonyl (C=O) groups excluding carboxylic acids is 1. The SMILES string of the molecule is COc1ccc([C@@H]2C(C(=O)Nc3ccccc3OC)=C(C)Nc3nc4ccccc4n32)cc1. The average Bonchev–Trinajstić information content (AvgIpc) is 3.21. The van der Waals surface area contributed by atoms with Gasteiger partial charge in [0.2, 0.25) is 5.95 Å². The number of hydrogen-bond donors (Lipinski definition) is 2. The summed E-state index contributed by atoms with van der Waals surface area (Å²) in [5, 5.41) is 6.37. The molecular formula is C26H24N4O3. The van der Waals surface area contributed by atoms with Crippen LogP contribution in [0.2, 0.25) is 0 Å². The van der Waals surface area contributed by atoms with E-state index in [2.05, 4.69) is 15.2 Å². The monoisotopic (exact) mass is 440 g/mol. The molecule has 0 spiro atoms. The lowest BCUT2D eigenvalue weighted by Crippen LogP contribution is -2.31. The third kappa shape index (κ3) is 3.57. The number of imidazole rings is 1. The zero-order valence-electron chi connectivity index (χ0n) is 18.6. The van der Waals surface area contributed by atoms with Crippen LogP contribution in [0.15, 0.2) is 84.1 Å². The Balaban J connectivity index is 1.65. The molecule has 33 heavy (non-hydrogen) atoms. The van der Waals surface area contributed by atoms with E-state index in [4.69, 9.17) is 14.5 Å². The van der Waals surface area contributed by atoms with Gasteiger partial charge in [0.1, 0.15) is 11.5 Å². The molecule has 1 atom stereocenters. The van der Waals surface area contributed by atoms with E-state index in [0.29, 0.717) is 23.0 Å². The van der Waals surface area contributed by atoms with Crippen LogP contribution >= 0.6 is 0 Å². The molecule has 7 nitrogen and oxygen atoms in total. The number of nitrogens with zero attached hydrogens (tertiary/aromatic N) is 2. The fraction of sp³-hybridized carbons (Fsp3) is 0.154. The Bertz CT molecular complexity index is 1370. The zero-order valence-corrected chi connectivity index (χ0v) is 18.6. The zero-order chi connectivity index (χ0) is 22.9. The molecule has 1 aliphatic heterocycles. The molecule has 3 aromatic carbocycles. The summed E-state index contributed by atoms with van der Waals surface area (Å²) in [7, 11) is 3.22. The number of methoxy groups -OCH3 is 2. The lowest BCUT2D eigenvalue weighted by molar-refractivity contribution is -0.113. The number of amides is 1. The van der Waals surface area contributed by atoms with Crippen molar-refractivity contribution in [1.29, 1.82) is 0 Å². The molecule has 0 aliphatic carbocycles. The molecule has 0 saturated heterocycles. The van der Waals surface area contributed by atoms with Gasteiger partial charge in [-0.1, -0.05) is 36.4 Å². The highest BCUT2D eigenvalue weighted by molar-refractivity contribution is 6.07. The number of nitrogens with one attached hydrogen (secondary N) is 2. The molecule has 7 heteroatoms. The van der Waals surface area contributed by atoms with Crippen molar-refractivity contribution in [2.45, 2.75) is 13.0 Å². The molecule has 4 aromatic rings. The molecule has 1 aromatic heterocycles. The van der Waals surface area contributed by atoms with E-state index in [1.165, 1.54) is 0 Å². The van der Waals surface area contributed by atoms with Crippen molar-refractivity contribution < 1.29 is 14.3 Å². The maximum atomic E-state index is 13.7. The van der Waals surface area contributed by atoms with Gasteiger partial charge in [0.05, 0.1) is 42.6 Å². The Kier molecular flexibility index (Phi) is 5.22. The summed E-state index contributed by atoms with van der Waals surface area (Å²) >= 11 is 0. The number of anilines is 2. The summed E-state index contributed by atoms with van der Waals surface area (Å²) in [5.41, 5.74) is 4.70. The third-order valence-corrected chi connectivity index (χ3v) is 5.86. The van der Waals surface area contributed by atoms with Crippen LogP contribution in [0, 0.1) is 0 Å². The van der Waals surface area contributed by atoms with Crippen molar-refractivity contribution in [3.8, 4) is 11.5 Å². The van der Waals surface area contributed by atoms with E-state index in [9.17, 15) is 4.79 Å². The molecule has 0 unspecified atom stereocenters. The van der Waals surface area contributed by atoms with Gasteiger partial charge in [-0.15, -0.1) is 0 Å². The molecule has 1 amide bonds. The third-order valence-electron chi connectivity index (χ3n) is 5.86. The molecule has 5 rings (SSSR count). The van der Waals surface area contributed by atoms with E-state index in [1.54, 1.807) is 14.2 Å². The van der Waals surface area contributed by atoms with Crippen LogP contribution in [0.5, 0.6) is 11.5 Å².